The maximum Gasteiger partial charge on any atom is 0.312 e. The lowest BCUT2D eigenvalue weighted by molar-refractivity contribution is -0.144. The standard InChI is InChI=1S/C19H22N4O4S.2ClH/c1-22(12-5-8-23(9-6-12)17(25)11-18(26)27)16(24)3-2-13-10-14-15(28-13)4-7-21-19(14)20;;/h2-4,7,10,12H,5-6,8-9,11H2,1H3,(H2,20,21)(H,26,27);2*1H. The van der Waals surface area contributed by atoms with Crippen molar-refractivity contribution in [3.05, 3.63) is 29.3 Å². The second-order valence-corrected chi connectivity index (χ2v) is 7.84. The molecule has 11 heteroatoms. The Balaban J connectivity index is 0.00000225. The van der Waals surface area contributed by atoms with Gasteiger partial charge >= 0.3 is 5.97 Å². The molecular formula is C19H24Cl2N4O4S. The number of carbonyl (C=O) groups excluding carboxylic acids is 2. The van der Waals surface area contributed by atoms with Gasteiger partial charge in [-0.2, -0.15) is 0 Å². The number of piperidine rings is 1. The number of carboxylic acid groups (broad SMARTS) is 1. The lowest BCUT2D eigenvalue weighted by Gasteiger charge is -2.36. The van der Waals surface area contributed by atoms with Crippen LogP contribution in [-0.4, -0.2) is 63.9 Å². The first-order chi connectivity index (χ1) is 13.3. The second-order valence-electron chi connectivity index (χ2n) is 6.72. The van der Waals surface area contributed by atoms with E-state index in [-0.39, 0.29) is 42.7 Å². The Bertz CT molecular complexity index is 942. The highest BCUT2D eigenvalue weighted by Crippen LogP contribution is 2.29. The summed E-state index contributed by atoms with van der Waals surface area (Å²) in [5.41, 5.74) is 5.87. The molecule has 1 aliphatic rings. The topological polar surface area (TPSA) is 117 Å². The van der Waals surface area contributed by atoms with Crippen LogP contribution in [0.5, 0.6) is 0 Å². The fourth-order valence-corrected chi connectivity index (χ4v) is 4.25. The number of nitrogens with zero attached hydrogens (tertiary/aromatic N) is 3. The fraction of sp³-hybridized carbons (Fsp3) is 0.368. The van der Waals surface area contributed by atoms with E-state index in [1.165, 1.54) is 17.4 Å². The van der Waals surface area contributed by atoms with Crippen molar-refractivity contribution in [2.24, 2.45) is 0 Å². The fourth-order valence-electron chi connectivity index (χ4n) is 3.28. The molecule has 2 aromatic heterocycles. The van der Waals surface area contributed by atoms with Gasteiger partial charge in [-0.3, -0.25) is 14.4 Å². The Kier molecular flexibility index (Phi) is 9.54. The third-order valence-electron chi connectivity index (χ3n) is 4.90. The summed E-state index contributed by atoms with van der Waals surface area (Å²) in [6, 6.07) is 3.83. The van der Waals surface area contributed by atoms with Gasteiger partial charge in [0.15, 0.2) is 0 Å². The van der Waals surface area contributed by atoms with Crippen LogP contribution in [0.15, 0.2) is 24.4 Å². The number of nitrogens with two attached hydrogens (primary N) is 1. The van der Waals surface area contributed by atoms with Gasteiger partial charge in [0.05, 0.1) is 0 Å². The highest BCUT2D eigenvalue weighted by Gasteiger charge is 2.27. The van der Waals surface area contributed by atoms with Crippen LogP contribution in [-0.2, 0) is 14.4 Å². The molecule has 30 heavy (non-hydrogen) atoms. The molecule has 0 bridgehead atoms. The summed E-state index contributed by atoms with van der Waals surface area (Å²) in [7, 11) is 1.75. The van der Waals surface area contributed by atoms with Crippen molar-refractivity contribution in [1.82, 2.24) is 14.8 Å². The average Bonchev–Trinajstić information content (AvgIpc) is 3.09. The number of anilines is 1. The number of carboxylic acids is 1. The zero-order valence-electron chi connectivity index (χ0n) is 16.3. The Labute approximate surface area is 190 Å². The monoisotopic (exact) mass is 474 g/mol. The number of thiophene rings is 1. The van der Waals surface area contributed by atoms with E-state index >= 15 is 0 Å². The van der Waals surface area contributed by atoms with E-state index in [9.17, 15) is 14.4 Å². The summed E-state index contributed by atoms with van der Waals surface area (Å²) in [5, 5.41) is 9.61. The number of pyridine rings is 1. The zero-order chi connectivity index (χ0) is 20.3. The summed E-state index contributed by atoms with van der Waals surface area (Å²) in [5.74, 6) is -1.14. The predicted molar refractivity (Wildman–Crippen MR) is 122 cm³/mol. The number of nitrogen functional groups attached to an aromatic ring is 1. The molecular weight excluding hydrogens is 451 g/mol. The van der Waals surface area contributed by atoms with E-state index in [1.807, 2.05) is 12.1 Å². The smallest absolute Gasteiger partial charge is 0.312 e. The van der Waals surface area contributed by atoms with Crippen LogP contribution in [0.3, 0.4) is 0 Å². The number of halogens is 2. The number of rotatable bonds is 5. The third-order valence-corrected chi connectivity index (χ3v) is 5.97. The quantitative estimate of drug-likeness (QED) is 0.507. The van der Waals surface area contributed by atoms with Gasteiger partial charge in [-0.05, 0) is 31.1 Å². The summed E-state index contributed by atoms with van der Waals surface area (Å²) in [6.45, 7) is 0.918. The van der Waals surface area contributed by atoms with Crippen molar-refractivity contribution >= 4 is 75.9 Å². The first kappa shape index (κ1) is 25.7. The van der Waals surface area contributed by atoms with Gasteiger partial charge in [-0.25, -0.2) is 4.98 Å². The SMILES string of the molecule is CN(C(=O)C=Cc1cc2c(N)nccc2s1)C1CCN(C(=O)CC(=O)O)CC1.Cl.Cl. The Morgan fingerprint density at radius 1 is 1.33 bits per heavy atom. The molecule has 0 spiro atoms. The maximum absolute atomic E-state index is 12.5. The van der Waals surface area contributed by atoms with Crippen molar-refractivity contribution < 1.29 is 19.5 Å². The molecule has 2 amide bonds. The number of likely N-dealkylation sites (N-methyl/N-ethyl adjacent to an activating group) is 1. The summed E-state index contributed by atoms with van der Waals surface area (Å²) in [6.07, 6.45) is 5.75. The highest BCUT2D eigenvalue weighted by atomic mass is 35.5. The molecule has 0 aliphatic carbocycles. The van der Waals surface area contributed by atoms with E-state index in [0.29, 0.717) is 31.7 Å². The molecule has 1 aliphatic heterocycles. The molecule has 3 heterocycles. The number of hydrogen-bond donors (Lipinski definition) is 2. The summed E-state index contributed by atoms with van der Waals surface area (Å²) >= 11 is 1.54. The first-order valence-electron chi connectivity index (χ1n) is 8.93. The molecule has 164 valence electrons. The van der Waals surface area contributed by atoms with E-state index in [2.05, 4.69) is 4.98 Å². The number of likely N-dealkylation sites (tertiary alicyclic amines) is 1. The zero-order valence-corrected chi connectivity index (χ0v) is 18.8. The van der Waals surface area contributed by atoms with Crippen molar-refractivity contribution in [3.8, 4) is 0 Å². The van der Waals surface area contributed by atoms with Gasteiger partial charge < -0.3 is 20.6 Å². The average molecular weight is 475 g/mol. The maximum atomic E-state index is 12.5. The third kappa shape index (κ3) is 6.07. The number of fused-ring (bicyclic) bond motifs is 1. The Morgan fingerprint density at radius 3 is 2.60 bits per heavy atom. The molecule has 3 N–H and O–H groups in total. The largest absolute Gasteiger partial charge is 0.481 e. The van der Waals surface area contributed by atoms with E-state index < -0.39 is 12.4 Å². The Hall–Kier alpha value is -2.36. The van der Waals surface area contributed by atoms with E-state index in [1.54, 1.807) is 29.1 Å². The first-order valence-corrected chi connectivity index (χ1v) is 9.75. The van der Waals surface area contributed by atoms with Crippen molar-refractivity contribution in [1.29, 1.82) is 0 Å². The van der Waals surface area contributed by atoms with Crippen LogP contribution >= 0.6 is 36.2 Å². The van der Waals surface area contributed by atoms with Gasteiger partial charge in [0.1, 0.15) is 12.2 Å². The van der Waals surface area contributed by atoms with Crippen LogP contribution in [0, 0.1) is 0 Å². The minimum Gasteiger partial charge on any atom is -0.481 e. The number of hydrogen-bond acceptors (Lipinski definition) is 6. The van der Waals surface area contributed by atoms with Crippen LogP contribution < -0.4 is 5.73 Å². The van der Waals surface area contributed by atoms with Gasteiger partial charge in [0.2, 0.25) is 11.8 Å². The summed E-state index contributed by atoms with van der Waals surface area (Å²) in [4.78, 5) is 43.2. The minimum atomic E-state index is -1.12. The molecule has 0 radical (unpaired) electrons. The predicted octanol–water partition coefficient (Wildman–Crippen LogP) is 2.66. The van der Waals surface area contributed by atoms with Crippen molar-refractivity contribution in [3.63, 3.8) is 0 Å². The van der Waals surface area contributed by atoms with Gasteiger partial charge in [-0.15, -0.1) is 36.2 Å². The summed E-state index contributed by atoms with van der Waals surface area (Å²) < 4.78 is 1.02. The molecule has 1 saturated heterocycles. The normalized spacial score (nSPS) is 14.2. The molecule has 0 saturated carbocycles. The van der Waals surface area contributed by atoms with Gasteiger partial charge in [-0.1, -0.05) is 0 Å². The molecule has 8 nitrogen and oxygen atoms in total. The van der Waals surface area contributed by atoms with Crippen LogP contribution in [0.1, 0.15) is 24.1 Å². The van der Waals surface area contributed by atoms with Crippen LogP contribution in [0.4, 0.5) is 5.82 Å². The minimum absolute atomic E-state index is 0. The molecule has 2 aromatic rings. The number of amides is 2. The molecule has 3 rings (SSSR count). The van der Waals surface area contributed by atoms with Gasteiger partial charge in [0, 0.05) is 53.4 Å². The van der Waals surface area contributed by atoms with Gasteiger partial charge in [0.25, 0.3) is 0 Å². The number of carbonyl (C=O) groups is 3. The van der Waals surface area contributed by atoms with E-state index in [4.69, 9.17) is 10.8 Å². The van der Waals surface area contributed by atoms with Crippen LogP contribution in [0.25, 0.3) is 16.2 Å². The lowest BCUT2D eigenvalue weighted by atomic mass is 10.0. The second kappa shape index (κ2) is 11.1. The number of aromatic nitrogens is 1. The lowest BCUT2D eigenvalue weighted by Crippen LogP contribution is -2.47. The molecule has 0 atom stereocenters. The molecule has 0 unspecified atom stereocenters. The van der Waals surface area contributed by atoms with Crippen molar-refractivity contribution in [2.75, 3.05) is 25.9 Å². The highest BCUT2D eigenvalue weighted by molar-refractivity contribution is 7.19. The molecule has 0 aromatic carbocycles. The number of aliphatic carboxylic acids is 1. The van der Waals surface area contributed by atoms with Crippen LogP contribution in [0.2, 0.25) is 0 Å². The van der Waals surface area contributed by atoms with E-state index in [0.717, 1.165) is 15.0 Å². The Morgan fingerprint density at radius 2 is 2.00 bits per heavy atom. The molecule has 1 fully saturated rings. The van der Waals surface area contributed by atoms with Crippen molar-refractivity contribution in [2.45, 2.75) is 25.3 Å².